The highest BCUT2D eigenvalue weighted by atomic mass is 15.3. The maximum atomic E-state index is 4.53. The van der Waals surface area contributed by atoms with Crippen LogP contribution in [0.1, 0.15) is 12.8 Å². The first-order chi connectivity index (χ1) is 8.93. The van der Waals surface area contributed by atoms with Crippen molar-refractivity contribution in [3.8, 4) is 0 Å². The van der Waals surface area contributed by atoms with E-state index in [4.69, 9.17) is 0 Å². The van der Waals surface area contributed by atoms with Crippen molar-refractivity contribution < 1.29 is 0 Å². The van der Waals surface area contributed by atoms with Crippen LogP contribution in [0.3, 0.4) is 0 Å². The maximum absolute atomic E-state index is 4.53. The topological polar surface area (TPSA) is 56.8 Å². The lowest BCUT2D eigenvalue weighted by molar-refractivity contribution is 0.384. The zero-order valence-corrected chi connectivity index (χ0v) is 10.3. The first-order valence-electron chi connectivity index (χ1n) is 6.69. The van der Waals surface area contributed by atoms with Crippen LogP contribution in [-0.4, -0.2) is 40.6 Å². The van der Waals surface area contributed by atoms with Crippen molar-refractivity contribution in [2.24, 2.45) is 5.92 Å². The predicted molar refractivity (Wildman–Crippen MR) is 70.6 cm³/mol. The van der Waals surface area contributed by atoms with Gasteiger partial charge in [0, 0.05) is 31.9 Å². The van der Waals surface area contributed by atoms with E-state index in [1.807, 2.05) is 6.20 Å². The van der Waals surface area contributed by atoms with E-state index in [-0.39, 0.29) is 0 Å². The highest BCUT2D eigenvalue weighted by Crippen LogP contribution is 2.32. The number of anilines is 1. The van der Waals surface area contributed by atoms with Crippen LogP contribution in [-0.2, 0) is 0 Å². The monoisotopic (exact) mass is 243 g/mol. The number of hydrogen-bond donors (Lipinski definition) is 2. The molecule has 4 heterocycles. The predicted octanol–water partition coefficient (Wildman–Crippen LogP) is 1.15. The molecule has 2 aliphatic rings. The summed E-state index contributed by atoms with van der Waals surface area (Å²) < 4.78 is 0. The third-order valence-corrected chi connectivity index (χ3v) is 4.28. The zero-order chi connectivity index (χ0) is 11.9. The number of aromatic amines is 1. The summed E-state index contributed by atoms with van der Waals surface area (Å²) >= 11 is 0. The Balaban J connectivity index is 1.79. The molecule has 2 N–H and O–H groups in total. The van der Waals surface area contributed by atoms with Crippen molar-refractivity contribution in [3.05, 3.63) is 18.6 Å². The summed E-state index contributed by atoms with van der Waals surface area (Å²) in [5.74, 6) is 1.88. The quantitative estimate of drug-likeness (QED) is 0.789. The SMILES string of the molecule is c1nc(N2CCC[C@@H]3CNC[C@@H]32)c2cc[nH]c2n1. The molecule has 0 radical (unpaired) electrons. The Morgan fingerprint density at radius 2 is 2.28 bits per heavy atom. The molecule has 2 fully saturated rings. The molecule has 94 valence electrons. The highest BCUT2D eigenvalue weighted by Gasteiger charge is 2.36. The van der Waals surface area contributed by atoms with Gasteiger partial charge in [0.15, 0.2) is 0 Å². The van der Waals surface area contributed by atoms with E-state index in [1.165, 1.54) is 12.8 Å². The van der Waals surface area contributed by atoms with Crippen LogP contribution in [0.15, 0.2) is 18.6 Å². The van der Waals surface area contributed by atoms with E-state index in [1.54, 1.807) is 6.33 Å². The van der Waals surface area contributed by atoms with Gasteiger partial charge in [-0.2, -0.15) is 0 Å². The minimum Gasteiger partial charge on any atom is -0.351 e. The van der Waals surface area contributed by atoms with Crippen LogP contribution in [0, 0.1) is 5.92 Å². The van der Waals surface area contributed by atoms with E-state index in [9.17, 15) is 0 Å². The van der Waals surface area contributed by atoms with Gasteiger partial charge in [0.05, 0.1) is 5.39 Å². The molecule has 0 saturated carbocycles. The molecular formula is C13H17N5. The average molecular weight is 243 g/mol. The van der Waals surface area contributed by atoms with Gasteiger partial charge in [-0.05, 0) is 24.8 Å². The van der Waals surface area contributed by atoms with Crippen molar-refractivity contribution >= 4 is 16.9 Å². The molecule has 18 heavy (non-hydrogen) atoms. The van der Waals surface area contributed by atoms with E-state index in [0.717, 1.165) is 42.4 Å². The van der Waals surface area contributed by atoms with Crippen LogP contribution in [0.2, 0.25) is 0 Å². The Morgan fingerprint density at radius 3 is 3.28 bits per heavy atom. The van der Waals surface area contributed by atoms with E-state index in [0.29, 0.717) is 6.04 Å². The Morgan fingerprint density at radius 1 is 1.28 bits per heavy atom. The molecule has 0 aliphatic carbocycles. The van der Waals surface area contributed by atoms with Gasteiger partial charge in [0.1, 0.15) is 17.8 Å². The second kappa shape index (κ2) is 3.95. The van der Waals surface area contributed by atoms with Crippen molar-refractivity contribution in [2.75, 3.05) is 24.5 Å². The first-order valence-corrected chi connectivity index (χ1v) is 6.69. The number of nitrogens with zero attached hydrogens (tertiary/aromatic N) is 3. The molecule has 0 bridgehead atoms. The minimum absolute atomic E-state index is 0.603. The lowest BCUT2D eigenvalue weighted by Crippen LogP contribution is -2.45. The maximum Gasteiger partial charge on any atom is 0.142 e. The molecule has 0 aromatic carbocycles. The highest BCUT2D eigenvalue weighted by molar-refractivity contribution is 5.87. The zero-order valence-electron chi connectivity index (χ0n) is 10.3. The summed E-state index contributed by atoms with van der Waals surface area (Å²) in [4.78, 5) is 14.4. The van der Waals surface area contributed by atoms with Crippen molar-refractivity contribution in [1.82, 2.24) is 20.3 Å². The number of rotatable bonds is 1. The summed E-state index contributed by atoms with van der Waals surface area (Å²) in [6.07, 6.45) is 6.21. The molecule has 2 saturated heterocycles. The summed E-state index contributed by atoms with van der Waals surface area (Å²) in [6.45, 7) is 3.35. The van der Waals surface area contributed by atoms with E-state index >= 15 is 0 Å². The third kappa shape index (κ3) is 1.43. The molecule has 0 amide bonds. The van der Waals surface area contributed by atoms with Crippen LogP contribution in [0.4, 0.5) is 5.82 Å². The summed E-state index contributed by atoms with van der Waals surface area (Å²) in [7, 11) is 0. The molecule has 2 aliphatic heterocycles. The molecule has 0 unspecified atom stereocenters. The molecule has 0 spiro atoms. The van der Waals surface area contributed by atoms with Gasteiger partial charge in [-0.1, -0.05) is 0 Å². The number of nitrogens with one attached hydrogen (secondary N) is 2. The molecule has 5 nitrogen and oxygen atoms in total. The molecule has 2 aromatic rings. The molecule has 2 atom stereocenters. The standard InChI is InChI=1S/C13H17N5/c1-2-9-6-14-7-11(9)18(5-1)13-10-3-4-15-12(10)16-8-17-13/h3-4,8-9,11,14H,1-2,5-7H2,(H,15,16,17)/t9-,11+/m1/s1. The van der Waals surface area contributed by atoms with Gasteiger partial charge >= 0.3 is 0 Å². The van der Waals surface area contributed by atoms with Gasteiger partial charge < -0.3 is 15.2 Å². The van der Waals surface area contributed by atoms with Crippen LogP contribution < -0.4 is 10.2 Å². The first kappa shape index (κ1) is 10.3. The van der Waals surface area contributed by atoms with E-state index < -0.39 is 0 Å². The van der Waals surface area contributed by atoms with Crippen molar-refractivity contribution in [2.45, 2.75) is 18.9 Å². The van der Waals surface area contributed by atoms with Gasteiger partial charge in [0.25, 0.3) is 0 Å². The largest absolute Gasteiger partial charge is 0.351 e. The van der Waals surface area contributed by atoms with Crippen molar-refractivity contribution in [1.29, 1.82) is 0 Å². The second-order valence-corrected chi connectivity index (χ2v) is 5.26. The lowest BCUT2D eigenvalue weighted by atomic mass is 9.92. The fraction of sp³-hybridized carbons (Fsp3) is 0.538. The third-order valence-electron chi connectivity index (χ3n) is 4.28. The Kier molecular flexibility index (Phi) is 2.26. The van der Waals surface area contributed by atoms with Gasteiger partial charge in [-0.25, -0.2) is 9.97 Å². The molecular weight excluding hydrogens is 226 g/mol. The molecule has 4 rings (SSSR count). The van der Waals surface area contributed by atoms with Crippen molar-refractivity contribution in [3.63, 3.8) is 0 Å². The Hall–Kier alpha value is -1.62. The second-order valence-electron chi connectivity index (χ2n) is 5.26. The number of hydrogen-bond acceptors (Lipinski definition) is 4. The van der Waals surface area contributed by atoms with E-state index in [2.05, 4.69) is 31.2 Å². The van der Waals surface area contributed by atoms with Gasteiger partial charge in [-0.15, -0.1) is 0 Å². The smallest absolute Gasteiger partial charge is 0.142 e. The molecule has 5 heteroatoms. The fourth-order valence-corrected chi connectivity index (χ4v) is 3.42. The fourth-order valence-electron chi connectivity index (χ4n) is 3.42. The number of piperidine rings is 1. The average Bonchev–Trinajstić information content (AvgIpc) is 3.06. The van der Waals surface area contributed by atoms with Crippen LogP contribution in [0.5, 0.6) is 0 Å². The van der Waals surface area contributed by atoms with Gasteiger partial charge in [-0.3, -0.25) is 0 Å². The molecule has 2 aromatic heterocycles. The summed E-state index contributed by atoms with van der Waals surface area (Å²) in [5, 5.41) is 4.66. The summed E-state index contributed by atoms with van der Waals surface area (Å²) in [6, 6.07) is 2.68. The summed E-state index contributed by atoms with van der Waals surface area (Å²) in [5.41, 5.74) is 0.938. The number of H-pyrrole nitrogens is 1. The Labute approximate surface area is 106 Å². The minimum atomic E-state index is 0.603. The van der Waals surface area contributed by atoms with Crippen LogP contribution >= 0.6 is 0 Å². The number of aromatic nitrogens is 3. The normalized spacial score (nSPS) is 27.7. The Bertz CT molecular complexity index is 563. The number of fused-ring (bicyclic) bond motifs is 2. The van der Waals surface area contributed by atoms with Crippen LogP contribution in [0.25, 0.3) is 11.0 Å². The van der Waals surface area contributed by atoms with Gasteiger partial charge in [0.2, 0.25) is 0 Å². The lowest BCUT2D eigenvalue weighted by Gasteiger charge is -2.38.